The molecule has 1 aliphatic rings. The first kappa shape index (κ1) is 10.9. The minimum Gasteiger partial charge on any atom is -0.248 e. The van der Waals surface area contributed by atoms with Crippen molar-refractivity contribution in [3.8, 4) is 0 Å². The second kappa shape index (κ2) is 5.52. The molecule has 0 bridgehead atoms. The highest BCUT2D eigenvalue weighted by atomic mass is 32.8. The van der Waals surface area contributed by atoms with Crippen molar-refractivity contribution in [3.05, 3.63) is 24.3 Å². The number of benzene rings is 1. The van der Waals surface area contributed by atoms with Crippen molar-refractivity contribution in [2.75, 3.05) is 12.5 Å². The zero-order valence-corrected chi connectivity index (χ0v) is 10.0. The summed E-state index contributed by atoms with van der Waals surface area (Å²) in [6.45, 7) is 0. The lowest BCUT2D eigenvalue weighted by molar-refractivity contribution is 1.41. The molecule has 1 unspecified atom stereocenters. The maximum absolute atomic E-state index is 5.14. The quantitative estimate of drug-likeness (QED) is 0.678. The lowest BCUT2D eigenvalue weighted by Crippen LogP contribution is -1.80. The van der Waals surface area contributed by atoms with Crippen LogP contribution in [0, 0.1) is 0 Å². The number of hydrogen-bond donors (Lipinski definition) is 0. The average Bonchev–Trinajstić information content (AvgIpc) is 2.50. The zero-order valence-electron chi connectivity index (χ0n) is 7.56. The largest absolute Gasteiger partial charge is 0.248 e. The Kier molecular flexibility index (Phi) is 4.62. The van der Waals surface area contributed by atoms with Gasteiger partial charge < -0.3 is 0 Å². The van der Waals surface area contributed by atoms with Crippen molar-refractivity contribution in [3.63, 3.8) is 0 Å². The van der Waals surface area contributed by atoms with Gasteiger partial charge in [-0.25, -0.2) is 4.99 Å². The Balaban J connectivity index is 0.000000251. The molecule has 70 valence electrons. The van der Waals surface area contributed by atoms with E-state index in [-0.39, 0.29) is 9.45 Å². The van der Waals surface area contributed by atoms with Gasteiger partial charge in [-0.3, -0.25) is 0 Å². The van der Waals surface area contributed by atoms with Gasteiger partial charge in [0.2, 0.25) is 0 Å². The van der Waals surface area contributed by atoms with E-state index in [1.807, 2.05) is 42.3 Å². The van der Waals surface area contributed by atoms with Crippen molar-refractivity contribution in [2.45, 2.75) is 4.90 Å². The van der Waals surface area contributed by atoms with E-state index in [1.54, 1.807) is 11.8 Å². The van der Waals surface area contributed by atoms with E-state index in [0.29, 0.717) is 0 Å². The van der Waals surface area contributed by atoms with E-state index in [4.69, 9.17) is 11.2 Å². The highest BCUT2D eigenvalue weighted by Gasteiger charge is 2.07. The average molecular weight is 229 g/mol. The van der Waals surface area contributed by atoms with Crippen molar-refractivity contribution in [2.24, 2.45) is 4.99 Å². The van der Waals surface area contributed by atoms with Crippen LogP contribution in [0.3, 0.4) is 0 Å². The van der Waals surface area contributed by atoms with Crippen molar-refractivity contribution in [1.82, 2.24) is 0 Å². The molecule has 0 fully saturated rings. The van der Waals surface area contributed by atoms with Crippen LogP contribution < -0.4 is 0 Å². The lowest BCUT2D eigenvalue weighted by Gasteiger charge is -1.93. The van der Waals surface area contributed by atoms with E-state index in [0.717, 1.165) is 5.69 Å². The third kappa shape index (κ3) is 2.90. The summed E-state index contributed by atoms with van der Waals surface area (Å²) in [6.07, 6.45) is 4.08. The summed E-state index contributed by atoms with van der Waals surface area (Å²) in [6, 6.07) is 8.01. The van der Waals surface area contributed by atoms with Gasteiger partial charge in [0.1, 0.15) is 0 Å². The Morgan fingerprint density at radius 1 is 1.31 bits per heavy atom. The van der Waals surface area contributed by atoms with Gasteiger partial charge in [-0.1, -0.05) is 12.1 Å². The fourth-order valence-corrected chi connectivity index (χ4v) is 2.31. The summed E-state index contributed by atoms with van der Waals surface area (Å²) < 4.78 is 0. The zero-order chi connectivity index (χ0) is 9.68. The fraction of sp³-hybridized carbons (Fsp3) is 0.222. The van der Waals surface area contributed by atoms with E-state index < -0.39 is 0 Å². The number of para-hydroxylation sites is 1. The molecule has 0 radical (unpaired) electrons. The first-order valence-corrected chi connectivity index (χ1v) is 7.58. The third-order valence-corrected chi connectivity index (χ3v) is 3.24. The molecule has 1 atom stereocenters. The molecule has 0 aliphatic carbocycles. The van der Waals surface area contributed by atoms with Gasteiger partial charge >= 0.3 is 0 Å². The summed E-state index contributed by atoms with van der Waals surface area (Å²) in [4.78, 5) is 5.36. The summed E-state index contributed by atoms with van der Waals surface area (Å²) >= 11 is 6.89. The second-order valence-electron chi connectivity index (χ2n) is 2.41. The molecule has 4 heteroatoms. The van der Waals surface area contributed by atoms with Gasteiger partial charge in [0.25, 0.3) is 0 Å². The highest BCUT2D eigenvalue weighted by Crippen LogP contribution is 2.26. The van der Waals surface area contributed by atoms with Crippen LogP contribution in [-0.4, -0.2) is 18.1 Å². The Hall–Kier alpha value is -0.190. The number of nitrogens with zero attached hydrogens (tertiary/aromatic N) is 1. The van der Waals surface area contributed by atoms with E-state index in [9.17, 15) is 0 Å². The minimum absolute atomic E-state index is 0.156. The van der Waals surface area contributed by atoms with Crippen LogP contribution >= 0.6 is 11.8 Å². The first-order chi connectivity index (χ1) is 6.29. The van der Waals surface area contributed by atoms with Crippen LogP contribution in [0.1, 0.15) is 0 Å². The smallest absolute Gasteiger partial charge is 0.0778 e. The molecule has 0 saturated carbocycles. The van der Waals surface area contributed by atoms with E-state index >= 15 is 0 Å². The molecule has 0 amide bonds. The Morgan fingerprint density at radius 2 is 1.92 bits per heavy atom. The first-order valence-electron chi connectivity index (χ1n) is 3.73. The molecule has 1 aromatic carbocycles. The second-order valence-corrected chi connectivity index (χ2v) is 5.55. The predicted octanol–water partition coefficient (Wildman–Crippen LogP) is 2.78. The van der Waals surface area contributed by atoms with Gasteiger partial charge in [0.15, 0.2) is 0 Å². The molecule has 0 aromatic heterocycles. The maximum atomic E-state index is 5.14. The number of fused-ring (bicyclic) bond motifs is 1. The van der Waals surface area contributed by atoms with Gasteiger partial charge in [0, 0.05) is 4.90 Å². The van der Waals surface area contributed by atoms with E-state index in [1.165, 1.54) is 4.90 Å². The van der Waals surface area contributed by atoms with Gasteiger partial charge in [-0.05, 0) is 45.3 Å². The normalized spacial score (nSPS) is 17.5. The molecule has 1 aliphatic heterocycles. The molecular weight excluding hydrogens is 218 g/mol. The lowest BCUT2D eigenvalue weighted by atomic mass is 10.3. The minimum atomic E-state index is -0.156. The van der Waals surface area contributed by atoms with Gasteiger partial charge in [-0.2, -0.15) is 11.8 Å². The predicted molar refractivity (Wildman–Crippen MR) is 67.0 cm³/mol. The van der Waals surface area contributed by atoms with E-state index in [2.05, 4.69) is 4.99 Å². The molecule has 0 saturated heterocycles. The van der Waals surface area contributed by atoms with Crippen molar-refractivity contribution >= 4 is 43.6 Å². The summed E-state index contributed by atoms with van der Waals surface area (Å²) in [5.74, 6) is 0. The molecule has 1 nitrogen and oxygen atoms in total. The Labute approximate surface area is 90.2 Å². The fourth-order valence-electron chi connectivity index (χ4n) is 0.895. The number of thioether (sulfide) groups is 1. The summed E-state index contributed by atoms with van der Waals surface area (Å²) in [5.41, 5.74) is 2.88. The third-order valence-electron chi connectivity index (χ3n) is 1.37. The summed E-state index contributed by atoms with van der Waals surface area (Å²) in [7, 11) is -0.156. The molecule has 0 N–H and O–H groups in total. The maximum Gasteiger partial charge on any atom is 0.0778 e. The molecule has 1 aromatic rings. The molecule has 2 rings (SSSR count). The van der Waals surface area contributed by atoms with Crippen LogP contribution in [0.15, 0.2) is 34.2 Å². The Bertz CT molecular complexity index is 333. The molecule has 13 heavy (non-hydrogen) atoms. The van der Waals surface area contributed by atoms with Crippen molar-refractivity contribution in [1.29, 1.82) is 0 Å². The number of rotatable bonds is 0. The standard InChI is InChI=1S/C7H5NS2.C2H6S/c9-10-5-8-6-3-1-2-4-7(6)10;1-3-2/h1-5H;1-2H3. The Morgan fingerprint density at radius 3 is 2.54 bits per heavy atom. The number of hydrogen-bond acceptors (Lipinski definition) is 3. The molecule has 1 heterocycles. The topological polar surface area (TPSA) is 12.4 Å². The van der Waals surface area contributed by atoms with Crippen LogP contribution in [0.5, 0.6) is 0 Å². The monoisotopic (exact) mass is 229 g/mol. The molecule has 0 spiro atoms. The van der Waals surface area contributed by atoms with Gasteiger partial charge in [-0.15, -0.1) is 0 Å². The molecular formula is C9H11NS3. The highest BCUT2D eigenvalue weighted by molar-refractivity contribution is 8.36. The van der Waals surface area contributed by atoms with Crippen molar-refractivity contribution < 1.29 is 0 Å². The van der Waals surface area contributed by atoms with Gasteiger partial charge in [0.05, 0.1) is 11.2 Å². The van der Waals surface area contributed by atoms with Crippen LogP contribution in [0.25, 0.3) is 0 Å². The van der Waals surface area contributed by atoms with Crippen LogP contribution in [-0.2, 0) is 20.6 Å². The SMILES string of the molecule is CSC.S=S1C=Nc2ccccc21. The van der Waals surface area contributed by atoms with Crippen LogP contribution in [0.4, 0.5) is 5.69 Å². The van der Waals surface area contributed by atoms with Crippen LogP contribution in [0.2, 0.25) is 0 Å². The summed E-state index contributed by atoms with van der Waals surface area (Å²) in [5, 5.41) is 0. The number of aliphatic imine (C=N–C) groups is 1.